The minimum Gasteiger partial charge on any atom is -0.508 e. The first-order valence-electron chi connectivity index (χ1n) is 11.1. The van der Waals surface area contributed by atoms with Crippen molar-refractivity contribution in [3.63, 3.8) is 0 Å². The second kappa shape index (κ2) is 23.8. The molecule has 0 fully saturated rings. The van der Waals surface area contributed by atoms with Crippen molar-refractivity contribution in [2.24, 2.45) is 5.41 Å². The van der Waals surface area contributed by atoms with E-state index in [9.17, 15) is 14.7 Å². The van der Waals surface area contributed by atoms with Crippen LogP contribution >= 0.6 is 0 Å². The van der Waals surface area contributed by atoms with Gasteiger partial charge in [0.25, 0.3) is 0 Å². The number of phenolic OH excluding ortho intramolecular Hbond substituents is 1. The molecule has 0 aliphatic rings. The van der Waals surface area contributed by atoms with E-state index in [4.69, 9.17) is 19.3 Å². The lowest BCUT2D eigenvalue weighted by atomic mass is 9.91. The van der Waals surface area contributed by atoms with Crippen molar-refractivity contribution >= 4 is 11.9 Å². The molecule has 37 heavy (non-hydrogen) atoms. The fraction of sp³-hybridized carbons (Fsp3) is 0.655. The Labute approximate surface area is 227 Å². The number of esters is 2. The molecule has 8 nitrogen and oxygen atoms in total. The Morgan fingerprint density at radius 2 is 1.51 bits per heavy atom. The number of phenols is 1. The van der Waals surface area contributed by atoms with E-state index in [2.05, 4.69) is 25.2 Å². The predicted octanol–water partition coefficient (Wildman–Crippen LogP) is 6.84. The molecule has 0 aliphatic heterocycles. The van der Waals surface area contributed by atoms with Crippen molar-refractivity contribution < 1.29 is 38.7 Å². The Morgan fingerprint density at radius 3 is 1.97 bits per heavy atom. The average Bonchev–Trinajstić information content (AvgIpc) is 2.79. The quantitative estimate of drug-likeness (QED) is 0.123. The van der Waals surface area contributed by atoms with E-state index >= 15 is 0 Å². The lowest BCUT2D eigenvalue weighted by Crippen LogP contribution is -2.31. The van der Waals surface area contributed by atoms with Gasteiger partial charge in [0.1, 0.15) is 30.8 Å². The van der Waals surface area contributed by atoms with E-state index in [0.29, 0.717) is 18.1 Å². The van der Waals surface area contributed by atoms with E-state index in [0.717, 1.165) is 6.42 Å². The highest BCUT2D eigenvalue weighted by atomic mass is 16.7. The van der Waals surface area contributed by atoms with E-state index in [1.165, 1.54) is 12.5 Å². The minimum atomic E-state index is -0.943. The molecular weight excluding hydrogens is 476 g/mol. The van der Waals surface area contributed by atoms with Crippen LogP contribution in [-0.2, 0) is 28.5 Å². The van der Waals surface area contributed by atoms with E-state index < -0.39 is 17.5 Å². The van der Waals surface area contributed by atoms with Crippen LogP contribution in [-0.4, -0.2) is 54.9 Å². The monoisotopic (exact) mass is 532 g/mol. The van der Waals surface area contributed by atoms with Gasteiger partial charge in [-0.1, -0.05) is 69.2 Å². The first kappa shape index (κ1) is 44.4. The zero-order valence-electron chi connectivity index (χ0n) is 20.8. The molecule has 0 heterocycles. The smallest absolute Gasteiger partial charge is 0.311 e. The number of benzene rings is 1. The maximum atomic E-state index is 11.7. The number of carbonyl (C=O) groups excluding carboxylic acids is 2. The molecule has 1 aromatic carbocycles. The van der Waals surface area contributed by atoms with E-state index in [-0.39, 0.29) is 68.0 Å². The van der Waals surface area contributed by atoms with Gasteiger partial charge in [0, 0.05) is 6.92 Å². The first-order chi connectivity index (χ1) is 15.4. The van der Waals surface area contributed by atoms with Gasteiger partial charge in [-0.05, 0) is 50.3 Å². The maximum Gasteiger partial charge on any atom is 0.311 e. The molecule has 2 N–H and O–H groups in total. The molecule has 0 aliphatic carbocycles. The third-order valence-electron chi connectivity index (χ3n) is 5.01. The molecule has 220 valence electrons. The number of hydrogen-bond donors (Lipinski definition) is 2. The van der Waals surface area contributed by atoms with Crippen molar-refractivity contribution in [3.05, 3.63) is 42.2 Å². The van der Waals surface area contributed by atoms with Gasteiger partial charge in [0.05, 0.1) is 12.0 Å². The summed E-state index contributed by atoms with van der Waals surface area (Å²) in [5, 5.41) is 18.6. The second-order valence-electron chi connectivity index (χ2n) is 8.34. The summed E-state index contributed by atoms with van der Waals surface area (Å²) < 4.78 is 19.8. The van der Waals surface area contributed by atoms with Crippen LogP contribution in [0.25, 0.3) is 0 Å². The molecule has 8 heteroatoms. The Kier molecular flexibility index (Phi) is 28.6. The summed E-state index contributed by atoms with van der Waals surface area (Å²) in [6, 6.07) is 7.43. The highest BCUT2D eigenvalue weighted by Gasteiger charge is 2.27. The van der Waals surface area contributed by atoms with Gasteiger partial charge in [-0.3, -0.25) is 9.59 Å². The summed E-state index contributed by atoms with van der Waals surface area (Å²) in [7, 11) is 0. The van der Waals surface area contributed by atoms with Crippen molar-refractivity contribution in [1.82, 2.24) is 0 Å². The second-order valence-corrected chi connectivity index (χ2v) is 8.34. The number of aliphatic hydroxyl groups is 1. The Morgan fingerprint density at radius 1 is 0.973 bits per heavy atom. The van der Waals surface area contributed by atoms with Gasteiger partial charge < -0.3 is 29.2 Å². The Balaban J connectivity index is -0.000000194. The van der Waals surface area contributed by atoms with Crippen LogP contribution in [0.1, 0.15) is 95.6 Å². The molecule has 0 aromatic heterocycles. The van der Waals surface area contributed by atoms with Gasteiger partial charge in [-0.15, -0.1) is 0 Å². The van der Waals surface area contributed by atoms with Gasteiger partial charge in [0.15, 0.2) is 6.79 Å². The fourth-order valence-corrected chi connectivity index (χ4v) is 2.13. The molecule has 0 saturated heterocycles. The molecule has 0 spiro atoms. The van der Waals surface area contributed by atoms with Crippen LogP contribution < -0.4 is 0 Å². The molecule has 1 rings (SSSR count). The summed E-state index contributed by atoms with van der Waals surface area (Å²) >= 11 is 0. The summed E-state index contributed by atoms with van der Waals surface area (Å²) in [5.74, 6) is 0.381. The molecule has 0 saturated carbocycles. The molecule has 2 unspecified atom stereocenters. The molecular formula is C29H56O8. The average molecular weight is 533 g/mol. The largest absolute Gasteiger partial charge is 0.508 e. The maximum absolute atomic E-state index is 11.7. The highest BCUT2D eigenvalue weighted by Crippen LogP contribution is 2.21. The molecule has 0 radical (unpaired) electrons. The van der Waals surface area contributed by atoms with Crippen LogP contribution in [0.2, 0.25) is 0 Å². The lowest BCUT2D eigenvalue weighted by molar-refractivity contribution is -0.159. The number of ether oxygens (including phenoxy) is 4. The van der Waals surface area contributed by atoms with Gasteiger partial charge in [0.2, 0.25) is 0 Å². The predicted molar refractivity (Wildman–Crippen MR) is 152 cm³/mol. The van der Waals surface area contributed by atoms with Crippen molar-refractivity contribution in [3.8, 4) is 5.75 Å². The lowest BCUT2D eigenvalue weighted by Gasteiger charge is -2.21. The third kappa shape index (κ3) is 21.2. The van der Waals surface area contributed by atoms with E-state index in [1.54, 1.807) is 26.0 Å². The highest BCUT2D eigenvalue weighted by molar-refractivity contribution is 5.75. The summed E-state index contributed by atoms with van der Waals surface area (Å²) in [6.07, 6.45) is 0.850. The Bertz CT molecular complexity index is 713. The summed E-state index contributed by atoms with van der Waals surface area (Å²) in [4.78, 5) is 22.3. The number of aromatic hydroxyl groups is 1. The number of hydrogen-bond acceptors (Lipinski definition) is 8. The fourth-order valence-electron chi connectivity index (χ4n) is 2.13. The zero-order valence-corrected chi connectivity index (χ0v) is 20.8. The molecule has 0 amide bonds. The van der Waals surface area contributed by atoms with Crippen LogP contribution in [0.5, 0.6) is 5.75 Å². The molecule has 2 atom stereocenters. The number of aliphatic hydroxyl groups excluding tert-OH is 1. The van der Waals surface area contributed by atoms with Crippen molar-refractivity contribution in [1.29, 1.82) is 0 Å². The molecule has 1 aromatic rings. The van der Waals surface area contributed by atoms with Crippen molar-refractivity contribution in [2.75, 3.05) is 26.6 Å². The first-order valence-corrected chi connectivity index (χ1v) is 11.1. The van der Waals surface area contributed by atoms with Gasteiger partial charge in [-0.25, -0.2) is 0 Å². The van der Waals surface area contributed by atoms with Crippen LogP contribution in [0, 0.1) is 5.41 Å². The summed E-state index contributed by atoms with van der Waals surface area (Å²) in [6.45, 7) is 14.2. The van der Waals surface area contributed by atoms with E-state index in [1.807, 2.05) is 19.1 Å². The van der Waals surface area contributed by atoms with Crippen molar-refractivity contribution in [2.45, 2.75) is 96.1 Å². The zero-order chi connectivity index (χ0) is 25.4. The normalized spacial score (nSPS) is 11.2. The SMILES string of the molecule is C.C.C.C.C=C(COC(C)=O)OCOCC(O)COC(=O)C(C)(C)CC.CCC(C)c1ccc(O)cc1. The topological polar surface area (TPSA) is 112 Å². The molecule has 0 bridgehead atoms. The van der Waals surface area contributed by atoms with Crippen LogP contribution in [0.3, 0.4) is 0 Å². The number of rotatable bonds is 13. The van der Waals surface area contributed by atoms with Gasteiger partial charge >= 0.3 is 11.9 Å². The third-order valence-corrected chi connectivity index (χ3v) is 5.01. The number of carbonyl (C=O) groups is 2. The van der Waals surface area contributed by atoms with Crippen LogP contribution in [0.15, 0.2) is 36.6 Å². The Hall–Kier alpha value is -2.58. The van der Waals surface area contributed by atoms with Gasteiger partial charge in [-0.2, -0.15) is 0 Å². The van der Waals surface area contributed by atoms with Crippen LogP contribution in [0.4, 0.5) is 0 Å². The standard InChI is InChI=1S/C15H26O7.C10H14O.4CH4/c1-6-15(4,5)14(18)21-9-13(17)8-19-10-22-11(2)7-20-12(3)16;1-3-8(2)9-4-6-10(11)7-5-9;;;;/h13,17H,2,6-10H2,1,3-5H3;4-8,11H,3H2,1-2H3;4*1H4. The summed E-state index contributed by atoms with van der Waals surface area (Å²) in [5.41, 5.74) is 0.725. The minimum absolute atomic E-state index is 0.